The number of benzene rings is 1. The Hall–Kier alpha value is -3.75. The van der Waals surface area contributed by atoms with E-state index in [1.165, 1.54) is 11.0 Å². The Labute approximate surface area is 142 Å². The van der Waals surface area contributed by atoms with E-state index < -0.39 is 0 Å². The Bertz CT molecular complexity index is 1050. The van der Waals surface area contributed by atoms with Crippen molar-refractivity contribution in [3.8, 4) is 5.82 Å². The number of hydrogen-bond acceptors (Lipinski definition) is 8. The van der Waals surface area contributed by atoms with Gasteiger partial charge in [-0.2, -0.15) is 4.68 Å². The van der Waals surface area contributed by atoms with Crippen molar-refractivity contribution in [3.05, 3.63) is 54.6 Å². The van der Waals surface area contributed by atoms with Gasteiger partial charge in [0, 0.05) is 17.0 Å². The van der Waals surface area contributed by atoms with Gasteiger partial charge in [0.2, 0.25) is 0 Å². The van der Waals surface area contributed by atoms with Crippen molar-refractivity contribution >= 4 is 28.0 Å². The summed E-state index contributed by atoms with van der Waals surface area (Å²) in [7, 11) is 0. The number of azo groups is 1. The number of pyridine rings is 2. The smallest absolute Gasteiger partial charge is 0.157 e. The third-order valence-corrected chi connectivity index (χ3v) is 3.63. The fourth-order valence-electron chi connectivity index (χ4n) is 2.38. The lowest BCUT2D eigenvalue weighted by atomic mass is 10.1. The number of rotatable bonds is 3. The van der Waals surface area contributed by atoms with Gasteiger partial charge in [0.15, 0.2) is 11.6 Å². The largest absolute Gasteiger partial charge is 0.382 e. The summed E-state index contributed by atoms with van der Waals surface area (Å²) in [4.78, 5) is 8.43. The fraction of sp³-hybridized carbons (Fsp3) is 0.0625. The van der Waals surface area contributed by atoms with E-state index in [4.69, 9.17) is 5.73 Å². The molecule has 0 bridgehead atoms. The van der Waals surface area contributed by atoms with Crippen LogP contribution in [0.2, 0.25) is 0 Å². The summed E-state index contributed by atoms with van der Waals surface area (Å²) < 4.78 is 1.45. The standard InChI is InChI=1S/C16H13N9/c1-10-2-3-11-7-19-16(17)15(13(11)6-10)22-21-12-4-5-14(18-8-12)25-9-20-23-24-25/h2-9H,1H3,(H2,17,19). The molecule has 0 saturated carbocycles. The van der Waals surface area contributed by atoms with Crippen LogP contribution in [0.15, 0.2) is 59.3 Å². The Morgan fingerprint density at radius 3 is 2.72 bits per heavy atom. The van der Waals surface area contributed by atoms with Gasteiger partial charge in [0.1, 0.15) is 17.7 Å². The first kappa shape index (κ1) is 14.8. The van der Waals surface area contributed by atoms with Crippen molar-refractivity contribution in [1.82, 2.24) is 30.2 Å². The Balaban J connectivity index is 1.69. The van der Waals surface area contributed by atoms with E-state index in [1.54, 1.807) is 24.5 Å². The third-order valence-electron chi connectivity index (χ3n) is 3.63. The van der Waals surface area contributed by atoms with Crippen LogP contribution in [-0.2, 0) is 0 Å². The molecule has 0 aliphatic carbocycles. The monoisotopic (exact) mass is 331 g/mol. The molecule has 122 valence electrons. The van der Waals surface area contributed by atoms with Crippen LogP contribution in [0.1, 0.15) is 5.56 Å². The summed E-state index contributed by atoms with van der Waals surface area (Å²) in [5.74, 6) is 0.922. The molecule has 1 aromatic carbocycles. The molecule has 25 heavy (non-hydrogen) atoms. The third kappa shape index (κ3) is 2.90. The molecule has 9 nitrogen and oxygen atoms in total. The summed E-state index contributed by atoms with van der Waals surface area (Å²) in [5, 5.41) is 21.3. The summed E-state index contributed by atoms with van der Waals surface area (Å²) >= 11 is 0. The average molecular weight is 331 g/mol. The molecule has 0 radical (unpaired) electrons. The molecule has 0 amide bonds. The van der Waals surface area contributed by atoms with Crippen LogP contribution in [0.4, 0.5) is 17.2 Å². The molecule has 0 atom stereocenters. The van der Waals surface area contributed by atoms with Crippen molar-refractivity contribution in [2.24, 2.45) is 10.2 Å². The number of hydrogen-bond donors (Lipinski definition) is 1. The van der Waals surface area contributed by atoms with E-state index in [9.17, 15) is 0 Å². The SMILES string of the molecule is Cc1ccc2cnc(N)c(N=Nc3ccc(-n4cnnn4)nc3)c2c1. The van der Waals surface area contributed by atoms with Gasteiger partial charge >= 0.3 is 0 Å². The van der Waals surface area contributed by atoms with Crippen LogP contribution in [0.3, 0.4) is 0 Å². The van der Waals surface area contributed by atoms with Crippen LogP contribution in [0.5, 0.6) is 0 Å². The lowest BCUT2D eigenvalue weighted by Gasteiger charge is -2.05. The molecular weight excluding hydrogens is 318 g/mol. The first-order valence-electron chi connectivity index (χ1n) is 7.47. The second-order valence-corrected chi connectivity index (χ2v) is 5.41. The minimum Gasteiger partial charge on any atom is -0.382 e. The summed E-state index contributed by atoms with van der Waals surface area (Å²) in [6.45, 7) is 2.01. The molecule has 0 aliphatic rings. The summed E-state index contributed by atoms with van der Waals surface area (Å²) in [5.41, 5.74) is 8.23. The zero-order chi connectivity index (χ0) is 17.2. The molecule has 0 saturated heterocycles. The molecule has 3 heterocycles. The second-order valence-electron chi connectivity index (χ2n) is 5.41. The van der Waals surface area contributed by atoms with Gasteiger partial charge in [0.05, 0.1) is 6.20 Å². The maximum atomic E-state index is 5.98. The molecule has 3 aromatic heterocycles. The van der Waals surface area contributed by atoms with Crippen molar-refractivity contribution in [3.63, 3.8) is 0 Å². The van der Waals surface area contributed by atoms with E-state index >= 15 is 0 Å². The second kappa shape index (κ2) is 6.04. The van der Waals surface area contributed by atoms with Crippen molar-refractivity contribution in [2.45, 2.75) is 6.92 Å². The van der Waals surface area contributed by atoms with E-state index in [1.807, 2.05) is 25.1 Å². The number of nitrogens with zero attached hydrogens (tertiary/aromatic N) is 8. The molecule has 4 rings (SSSR count). The molecule has 2 N–H and O–H groups in total. The highest BCUT2D eigenvalue weighted by molar-refractivity contribution is 5.96. The van der Waals surface area contributed by atoms with Gasteiger partial charge < -0.3 is 5.73 Å². The Morgan fingerprint density at radius 1 is 1.04 bits per heavy atom. The van der Waals surface area contributed by atoms with Gasteiger partial charge in [-0.15, -0.1) is 15.3 Å². The molecule has 0 spiro atoms. The first-order valence-corrected chi connectivity index (χ1v) is 7.47. The predicted octanol–water partition coefficient (Wildman–Crippen LogP) is 2.91. The highest BCUT2D eigenvalue weighted by Crippen LogP contribution is 2.32. The summed E-state index contributed by atoms with van der Waals surface area (Å²) in [6.07, 6.45) is 4.78. The fourth-order valence-corrected chi connectivity index (χ4v) is 2.38. The van der Waals surface area contributed by atoms with E-state index in [0.717, 1.165) is 16.3 Å². The van der Waals surface area contributed by atoms with Crippen LogP contribution in [0, 0.1) is 6.92 Å². The highest BCUT2D eigenvalue weighted by atomic mass is 15.5. The topological polar surface area (TPSA) is 120 Å². The number of anilines is 1. The average Bonchev–Trinajstić information content (AvgIpc) is 3.16. The number of aryl methyl sites for hydroxylation is 1. The van der Waals surface area contributed by atoms with Gasteiger partial charge in [-0.1, -0.05) is 17.7 Å². The number of fused-ring (bicyclic) bond motifs is 1. The Kier molecular flexibility index (Phi) is 3.58. The summed E-state index contributed by atoms with van der Waals surface area (Å²) in [6, 6.07) is 9.54. The molecule has 0 aliphatic heterocycles. The molecule has 0 fully saturated rings. The van der Waals surface area contributed by atoms with Crippen molar-refractivity contribution < 1.29 is 0 Å². The number of aromatic nitrogens is 6. The molecule has 0 unspecified atom stereocenters. The quantitative estimate of drug-likeness (QED) is 0.576. The lowest BCUT2D eigenvalue weighted by Crippen LogP contribution is -1.97. The predicted molar refractivity (Wildman–Crippen MR) is 92.0 cm³/mol. The van der Waals surface area contributed by atoms with Crippen molar-refractivity contribution in [2.75, 3.05) is 5.73 Å². The zero-order valence-corrected chi connectivity index (χ0v) is 13.3. The van der Waals surface area contributed by atoms with Gasteiger partial charge in [0.25, 0.3) is 0 Å². The highest BCUT2D eigenvalue weighted by Gasteiger charge is 2.07. The van der Waals surface area contributed by atoms with Crippen LogP contribution < -0.4 is 5.73 Å². The molecular formula is C16H13N9. The molecule has 4 aromatic rings. The van der Waals surface area contributed by atoms with E-state index in [-0.39, 0.29) is 0 Å². The van der Waals surface area contributed by atoms with E-state index in [2.05, 4.69) is 35.7 Å². The number of nitrogen functional groups attached to an aromatic ring is 1. The minimum absolute atomic E-state index is 0.333. The zero-order valence-electron chi connectivity index (χ0n) is 13.3. The lowest BCUT2D eigenvalue weighted by molar-refractivity contribution is 0.771. The van der Waals surface area contributed by atoms with Gasteiger partial charge in [-0.25, -0.2) is 9.97 Å². The van der Waals surface area contributed by atoms with Crippen molar-refractivity contribution in [1.29, 1.82) is 0 Å². The van der Waals surface area contributed by atoms with Crippen LogP contribution in [-0.4, -0.2) is 30.2 Å². The first-order chi connectivity index (χ1) is 12.2. The van der Waals surface area contributed by atoms with Crippen LogP contribution in [0.25, 0.3) is 16.6 Å². The Morgan fingerprint density at radius 2 is 1.96 bits per heavy atom. The van der Waals surface area contributed by atoms with Crippen LogP contribution >= 0.6 is 0 Å². The number of tetrazole rings is 1. The minimum atomic E-state index is 0.333. The maximum Gasteiger partial charge on any atom is 0.157 e. The number of nitrogens with two attached hydrogens (primary N) is 1. The maximum absolute atomic E-state index is 5.98. The normalized spacial score (nSPS) is 11.4. The van der Waals surface area contributed by atoms with E-state index in [0.29, 0.717) is 23.0 Å². The van der Waals surface area contributed by atoms with Gasteiger partial charge in [-0.05, 0) is 35.5 Å². The molecule has 9 heteroatoms. The van der Waals surface area contributed by atoms with Gasteiger partial charge in [-0.3, -0.25) is 0 Å².